The molecule has 0 fully saturated rings. The molecular weight excluding hydrogens is 415 g/mol. The topological polar surface area (TPSA) is 92.4 Å². The molecule has 140 valence electrons. The first kappa shape index (κ1) is 19.3. The van der Waals surface area contributed by atoms with Gasteiger partial charge in [-0.1, -0.05) is 29.3 Å². The molecule has 1 aromatic carbocycles. The Hall–Kier alpha value is -2.42. The van der Waals surface area contributed by atoms with Gasteiger partial charge in [0.15, 0.2) is 5.69 Å². The summed E-state index contributed by atoms with van der Waals surface area (Å²) >= 11 is 13.1. The Kier molecular flexibility index (Phi) is 5.79. The lowest BCUT2D eigenvalue weighted by atomic mass is 10.2. The van der Waals surface area contributed by atoms with Gasteiger partial charge in [0.05, 0.1) is 16.7 Å². The van der Waals surface area contributed by atoms with Gasteiger partial charge in [-0.3, -0.25) is 0 Å². The van der Waals surface area contributed by atoms with Crippen LogP contribution in [-0.2, 0) is 16.1 Å². The number of esters is 2. The van der Waals surface area contributed by atoms with E-state index in [9.17, 15) is 14.8 Å². The number of carbonyl (C=O) groups is 2. The molecule has 0 spiro atoms. The number of halogens is 2. The Morgan fingerprint density at radius 1 is 1.22 bits per heavy atom. The van der Waals surface area contributed by atoms with Crippen molar-refractivity contribution in [2.45, 2.75) is 13.5 Å². The predicted octanol–water partition coefficient (Wildman–Crippen LogP) is 3.77. The van der Waals surface area contributed by atoms with Gasteiger partial charge in [0, 0.05) is 6.07 Å². The fraction of sp³-hybridized carbons (Fsp3) is 0.176. The normalized spacial score (nSPS) is 10.8. The molecule has 3 aromatic rings. The average molecular weight is 427 g/mol. The molecular formula is C17H12Cl2N2O5S. The van der Waals surface area contributed by atoms with E-state index >= 15 is 0 Å². The number of nitrogens with zero attached hydrogens (tertiary/aromatic N) is 2. The SMILES string of the molecule is CCOC(=O)c1c(COC(=O)c2cccs2)nc2cc(Cl)c(Cl)cc2[n+]1[O-]. The Balaban J connectivity index is 2.05. The van der Waals surface area contributed by atoms with E-state index in [0.717, 1.165) is 0 Å². The standard InChI is InChI=1S/C17H12Cl2N2O5S/c1-2-25-17(23)15-12(8-26-16(22)14-4-3-5-27-14)20-11-6-9(18)10(19)7-13(11)21(15)24/h3-7H,2,8H2,1H3. The molecule has 0 amide bonds. The molecule has 0 saturated heterocycles. The first-order chi connectivity index (χ1) is 12.9. The van der Waals surface area contributed by atoms with Crippen LogP contribution in [0.4, 0.5) is 0 Å². The fourth-order valence-electron chi connectivity index (χ4n) is 2.31. The summed E-state index contributed by atoms with van der Waals surface area (Å²) in [7, 11) is 0. The first-order valence-corrected chi connectivity index (χ1v) is 9.34. The number of thiophene rings is 1. The zero-order valence-corrected chi connectivity index (χ0v) is 16.2. The second-order valence-electron chi connectivity index (χ2n) is 5.23. The zero-order chi connectivity index (χ0) is 19.6. The van der Waals surface area contributed by atoms with Gasteiger partial charge in [-0.15, -0.1) is 11.3 Å². The molecule has 7 nitrogen and oxygen atoms in total. The van der Waals surface area contributed by atoms with E-state index in [1.54, 1.807) is 24.4 Å². The van der Waals surface area contributed by atoms with Crippen molar-refractivity contribution in [2.75, 3.05) is 6.61 Å². The quantitative estimate of drug-likeness (QED) is 0.350. The van der Waals surface area contributed by atoms with Crippen molar-refractivity contribution in [1.82, 2.24) is 4.98 Å². The van der Waals surface area contributed by atoms with Crippen molar-refractivity contribution in [1.29, 1.82) is 0 Å². The highest BCUT2D eigenvalue weighted by atomic mass is 35.5. The first-order valence-electron chi connectivity index (χ1n) is 7.71. The van der Waals surface area contributed by atoms with Gasteiger partial charge in [0.25, 0.3) is 0 Å². The molecule has 2 aromatic heterocycles. The van der Waals surface area contributed by atoms with Crippen LogP contribution in [0, 0.1) is 5.21 Å². The monoisotopic (exact) mass is 426 g/mol. The van der Waals surface area contributed by atoms with Crippen molar-refractivity contribution in [3.63, 3.8) is 0 Å². The Labute approximate surface area is 167 Å². The minimum absolute atomic E-state index is 0.0424. The van der Waals surface area contributed by atoms with Crippen LogP contribution < -0.4 is 4.73 Å². The maximum Gasteiger partial charge on any atom is 0.407 e. The second-order valence-corrected chi connectivity index (χ2v) is 6.99. The van der Waals surface area contributed by atoms with Crippen LogP contribution in [-0.4, -0.2) is 23.5 Å². The third kappa shape index (κ3) is 3.97. The molecule has 0 N–H and O–H groups in total. The van der Waals surface area contributed by atoms with Crippen LogP contribution in [0.5, 0.6) is 0 Å². The molecule has 10 heteroatoms. The fourth-order valence-corrected chi connectivity index (χ4v) is 3.25. The molecule has 0 radical (unpaired) electrons. The number of hydrogen-bond acceptors (Lipinski definition) is 7. The molecule has 0 unspecified atom stereocenters. The lowest BCUT2D eigenvalue weighted by Gasteiger charge is -2.12. The van der Waals surface area contributed by atoms with Crippen LogP contribution >= 0.6 is 34.5 Å². The highest BCUT2D eigenvalue weighted by Crippen LogP contribution is 2.26. The maximum atomic E-state index is 12.7. The number of rotatable bonds is 5. The third-order valence-electron chi connectivity index (χ3n) is 3.50. The summed E-state index contributed by atoms with van der Waals surface area (Å²) in [5.74, 6) is -1.47. The van der Waals surface area contributed by atoms with Crippen LogP contribution in [0.1, 0.15) is 32.8 Å². The van der Waals surface area contributed by atoms with Crippen LogP contribution in [0.3, 0.4) is 0 Å². The second kappa shape index (κ2) is 8.08. The van der Waals surface area contributed by atoms with Crippen molar-refractivity contribution >= 4 is 57.5 Å². The lowest BCUT2D eigenvalue weighted by molar-refractivity contribution is -0.581. The number of ether oxygens (including phenoxy) is 2. The van der Waals surface area contributed by atoms with Gasteiger partial charge in [-0.05, 0) is 24.4 Å². The Bertz CT molecular complexity index is 1020. The summed E-state index contributed by atoms with van der Waals surface area (Å²) in [4.78, 5) is 29.0. The summed E-state index contributed by atoms with van der Waals surface area (Å²) in [6.45, 7) is 1.28. The number of fused-ring (bicyclic) bond motifs is 1. The summed E-state index contributed by atoms with van der Waals surface area (Å²) in [6.07, 6.45) is 0. The molecule has 0 saturated carbocycles. The van der Waals surface area contributed by atoms with Crippen molar-refractivity contribution in [3.05, 3.63) is 61.2 Å². The zero-order valence-electron chi connectivity index (χ0n) is 13.9. The summed E-state index contributed by atoms with van der Waals surface area (Å²) < 4.78 is 10.5. The maximum absolute atomic E-state index is 12.7. The van der Waals surface area contributed by atoms with Gasteiger partial charge >= 0.3 is 17.6 Å². The van der Waals surface area contributed by atoms with Crippen molar-refractivity contribution in [2.24, 2.45) is 0 Å². The number of benzene rings is 1. The number of carbonyl (C=O) groups excluding carboxylic acids is 2. The van der Waals surface area contributed by atoms with E-state index in [0.29, 0.717) is 9.61 Å². The van der Waals surface area contributed by atoms with Crippen LogP contribution in [0.25, 0.3) is 11.0 Å². The lowest BCUT2D eigenvalue weighted by Crippen LogP contribution is -2.39. The van der Waals surface area contributed by atoms with E-state index < -0.39 is 11.9 Å². The highest BCUT2D eigenvalue weighted by Gasteiger charge is 2.29. The Morgan fingerprint density at radius 2 is 1.96 bits per heavy atom. The average Bonchev–Trinajstić information content (AvgIpc) is 3.16. The minimum atomic E-state index is -0.879. The van der Waals surface area contributed by atoms with Crippen LogP contribution in [0.15, 0.2) is 29.6 Å². The van der Waals surface area contributed by atoms with Gasteiger partial charge in [0.1, 0.15) is 17.0 Å². The van der Waals surface area contributed by atoms with Gasteiger partial charge < -0.3 is 14.7 Å². The van der Waals surface area contributed by atoms with E-state index in [2.05, 4.69) is 4.98 Å². The number of aromatic nitrogens is 2. The molecule has 27 heavy (non-hydrogen) atoms. The highest BCUT2D eigenvalue weighted by molar-refractivity contribution is 7.11. The van der Waals surface area contributed by atoms with E-state index in [4.69, 9.17) is 32.7 Å². The van der Waals surface area contributed by atoms with E-state index in [1.165, 1.54) is 23.5 Å². The number of hydrogen-bond donors (Lipinski definition) is 0. The summed E-state index contributed by atoms with van der Waals surface area (Å²) in [5, 5.41) is 14.8. The van der Waals surface area contributed by atoms with E-state index in [-0.39, 0.29) is 45.7 Å². The smallest absolute Gasteiger partial charge is 0.407 e. The Morgan fingerprint density at radius 3 is 2.63 bits per heavy atom. The minimum Gasteiger partial charge on any atom is -0.618 e. The molecule has 3 rings (SSSR count). The largest absolute Gasteiger partial charge is 0.618 e. The van der Waals surface area contributed by atoms with Gasteiger partial charge in [-0.25, -0.2) is 14.6 Å². The molecule has 0 bridgehead atoms. The van der Waals surface area contributed by atoms with Crippen molar-refractivity contribution in [3.8, 4) is 0 Å². The molecule has 0 aliphatic rings. The van der Waals surface area contributed by atoms with Gasteiger partial charge in [-0.2, -0.15) is 4.73 Å². The van der Waals surface area contributed by atoms with Crippen molar-refractivity contribution < 1.29 is 23.8 Å². The molecule has 0 atom stereocenters. The van der Waals surface area contributed by atoms with E-state index in [1.807, 2.05) is 0 Å². The molecule has 0 aliphatic carbocycles. The summed E-state index contributed by atoms with van der Waals surface area (Å²) in [5.41, 5.74) is -0.170. The third-order valence-corrected chi connectivity index (χ3v) is 5.07. The molecule has 0 aliphatic heterocycles. The molecule has 2 heterocycles. The predicted molar refractivity (Wildman–Crippen MR) is 100 cm³/mol. The van der Waals surface area contributed by atoms with Gasteiger partial charge in [0.2, 0.25) is 5.52 Å². The van der Waals surface area contributed by atoms with Crippen LogP contribution in [0.2, 0.25) is 10.0 Å². The summed E-state index contributed by atoms with van der Waals surface area (Å²) in [6, 6.07) is 6.01.